The van der Waals surface area contributed by atoms with E-state index >= 15 is 0 Å². The minimum absolute atomic E-state index is 0.111. The Bertz CT molecular complexity index is 1110. The maximum absolute atomic E-state index is 13.3. The molecule has 3 aromatic rings. The zero-order valence-corrected chi connectivity index (χ0v) is 14.0. The van der Waals surface area contributed by atoms with E-state index < -0.39 is 27.8 Å². The summed E-state index contributed by atoms with van der Waals surface area (Å²) < 4.78 is 14.4. The molecule has 1 heterocycles. The van der Waals surface area contributed by atoms with Crippen LogP contribution in [0.4, 0.5) is 15.8 Å². The quantitative estimate of drug-likeness (QED) is 0.563. The van der Waals surface area contributed by atoms with Crippen molar-refractivity contribution in [2.75, 3.05) is 5.32 Å². The number of hydrogen-bond acceptors (Lipinski definition) is 5. The molecule has 136 valence electrons. The zero-order chi connectivity index (χ0) is 19.6. The number of benzene rings is 2. The van der Waals surface area contributed by atoms with E-state index in [0.29, 0.717) is 5.69 Å². The van der Waals surface area contributed by atoms with Gasteiger partial charge in [0.15, 0.2) is 5.69 Å². The van der Waals surface area contributed by atoms with Crippen LogP contribution in [0, 0.1) is 22.9 Å². The first-order valence-electron chi connectivity index (χ1n) is 7.78. The highest BCUT2D eigenvalue weighted by Crippen LogP contribution is 2.22. The molecule has 0 spiro atoms. The normalized spacial score (nSPS) is 10.4. The molecule has 8 nitrogen and oxygen atoms in total. The minimum Gasteiger partial charge on any atom is -0.320 e. The number of nitro groups is 1. The Labute approximate surface area is 152 Å². The lowest BCUT2D eigenvalue weighted by atomic mass is 10.2. The van der Waals surface area contributed by atoms with Crippen LogP contribution >= 0.6 is 0 Å². The number of halogens is 1. The van der Waals surface area contributed by atoms with Crippen molar-refractivity contribution < 1.29 is 14.1 Å². The SMILES string of the molecule is Cc1cc(=O)c(C(=O)Nc2cccc(F)c2)nn1-c1ccccc1[N+](=O)[O-]. The molecule has 3 rings (SSSR count). The summed E-state index contributed by atoms with van der Waals surface area (Å²) in [5.74, 6) is -1.40. The van der Waals surface area contributed by atoms with E-state index in [9.17, 15) is 24.1 Å². The molecule has 0 atom stereocenters. The lowest BCUT2D eigenvalue weighted by Gasteiger charge is -2.11. The standard InChI is InChI=1S/C18H13FN4O4/c1-11-9-16(24)17(18(25)20-13-6-4-5-12(19)10-13)21-22(11)14-7-2-3-8-15(14)23(26)27/h2-10H,1H3,(H,20,25). The number of carbonyl (C=O) groups excluding carboxylic acids is 1. The molecule has 0 fully saturated rings. The van der Waals surface area contributed by atoms with Crippen molar-refractivity contribution in [3.05, 3.63) is 92.1 Å². The molecule has 0 aliphatic rings. The van der Waals surface area contributed by atoms with Gasteiger partial charge in [0.1, 0.15) is 11.5 Å². The summed E-state index contributed by atoms with van der Waals surface area (Å²) in [6.07, 6.45) is 0. The smallest absolute Gasteiger partial charge is 0.294 e. The topological polar surface area (TPSA) is 107 Å². The molecular weight excluding hydrogens is 355 g/mol. The predicted molar refractivity (Wildman–Crippen MR) is 95.6 cm³/mol. The highest BCUT2D eigenvalue weighted by molar-refractivity contribution is 6.02. The number of hydrogen-bond donors (Lipinski definition) is 1. The third kappa shape index (κ3) is 3.71. The molecule has 0 aliphatic carbocycles. The molecule has 0 saturated heterocycles. The number of anilines is 1. The lowest BCUT2D eigenvalue weighted by molar-refractivity contribution is -0.384. The van der Waals surface area contributed by atoms with E-state index in [1.807, 2.05) is 0 Å². The fourth-order valence-corrected chi connectivity index (χ4v) is 2.50. The lowest BCUT2D eigenvalue weighted by Crippen LogP contribution is -2.27. The van der Waals surface area contributed by atoms with Crippen molar-refractivity contribution in [1.29, 1.82) is 0 Å². The van der Waals surface area contributed by atoms with Crippen LogP contribution in [0.15, 0.2) is 59.4 Å². The number of para-hydroxylation sites is 2. The summed E-state index contributed by atoms with van der Waals surface area (Å²) in [4.78, 5) is 35.3. The van der Waals surface area contributed by atoms with Crippen LogP contribution in [0.3, 0.4) is 0 Å². The van der Waals surface area contributed by atoms with Crippen molar-refractivity contribution in [2.45, 2.75) is 6.92 Å². The Kier molecular flexibility index (Phi) is 4.75. The monoisotopic (exact) mass is 368 g/mol. The molecule has 1 N–H and O–H groups in total. The van der Waals surface area contributed by atoms with Crippen LogP contribution in [0.1, 0.15) is 16.2 Å². The minimum atomic E-state index is -0.849. The van der Waals surface area contributed by atoms with E-state index in [0.717, 1.165) is 16.8 Å². The fourth-order valence-electron chi connectivity index (χ4n) is 2.50. The van der Waals surface area contributed by atoms with Gasteiger partial charge in [0.25, 0.3) is 11.6 Å². The van der Waals surface area contributed by atoms with Crippen LogP contribution in [0.25, 0.3) is 5.69 Å². The average molecular weight is 368 g/mol. The van der Waals surface area contributed by atoms with E-state index in [1.54, 1.807) is 13.0 Å². The molecule has 1 amide bonds. The molecular formula is C18H13FN4O4. The second kappa shape index (κ2) is 7.16. The summed E-state index contributed by atoms with van der Waals surface area (Å²) in [5.41, 5.74) is -0.775. The molecule has 1 aromatic heterocycles. The summed E-state index contributed by atoms with van der Waals surface area (Å²) in [7, 11) is 0. The first-order chi connectivity index (χ1) is 12.9. The van der Waals surface area contributed by atoms with Gasteiger partial charge in [0.05, 0.1) is 4.92 Å². The number of amides is 1. The Hall–Kier alpha value is -3.88. The van der Waals surface area contributed by atoms with Gasteiger partial charge in [0, 0.05) is 23.5 Å². The van der Waals surface area contributed by atoms with Crippen LogP contribution in [0.2, 0.25) is 0 Å². The second-order valence-corrected chi connectivity index (χ2v) is 5.62. The number of nitrogens with one attached hydrogen (secondary N) is 1. The molecule has 0 unspecified atom stereocenters. The highest BCUT2D eigenvalue weighted by atomic mass is 19.1. The molecule has 0 aliphatic heterocycles. The van der Waals surface area contributed by atoms with Gasteiger partial charge < -0.3 is 5.32 Å². The molecule has 2 aromatic carbocycles. The predicted octanol–water partition coefficient (Wildman–Crippen LogP) is 2.84. The van der Waals surface area contributed by atoms with Crippen LogP contribution < -0.4 is 10.7 Å². The number of carbonyl (C=O) groups is 1. The molecule has 0 bridgehead atoms. The maximum atomic E-state index is 13.3. The number of nitrogens with zero attached hydrogens (tertiary/aromatic N) is 3. The second-order valence-electron chi connectivity index (χ2n) is 5.62. The first-order valence-corrected chi connectivity index (χ1v) is 7.78. The molecule has 0 saturated carbocycles. The van der Waals surface area contributed by atoms with Crippen molar-refractivity contribution >= 4 is 17.3 Å². The van der Waals surface area contributed by atoms with Crippen molar-refractivity contribution in [2.24, 2.45) is 0 Å². The summed E-state index contributed by atoms with van der Waals surface area (Å²) in [6, 6.07) is 12.1. The third-order valence-electron chi connectivity index (χ3n) is 3.71. The Morgan fingerprint density at radius 3 is 2.63 bits per heavy atom. The number of rotatable bonds is 4. The van der Waals surface area contributed by atoms with Gasteiger partial charge in [0.2, 0.25) is 5.43 Å². The van der Waals surface area contributed by atoms with Gasteiger partial charge in [-0.2, -0.15) is 5.10 Å². The van der Waals surface area contributed by atoms with Gasteiger partial charge >= 0.3 is 0 Å². The number of nitro benzene ring substituents is 1. The van der Waals surface area contributed by atoms with Crippen molar-refractivity contribution in [3.63, 3.8) is 0 Å². The van der Waals surface area contributed by atoms with E-state index in [-0.39, 0.29) is 17.1 Å². The number of aromatic nitrogens is 2. The summed E-state index contributed by atoms with van der Waals surface area (Å²) in [6.45, 7) is 1.54. The van der Waals surface area contributed by atoms with Gasteiger partial charge in [-0.3, -0.25) is 19.7 Å². The first kappa shape index (κ1) is 17.9. The Balaban J connectivity index is 2.06. The largest absolute Gasteiger partial charge is 0.320 e. The van der Waals surface area contributed by atoms with Crippen molar-refractivity contribution in [3.8, 4) is 5.69 Å². The average Bonchev–Trinajstić information content (AvgIpc) is 2.61. The maximum Gasteiger partial charge on any atom is 0.294 e. The molecule has 9 heteroatoms. The van der Waals surface area contributed by atoms with Gasteiger partial charge in [-0.1, -0.05) is 18.2 Å². The van der Waals surface area contributed by atoms with Crippen LogP contribution in [0.5, 0.6) is 0 Å². The molecule has 0 radical (unpaired) electrons. The van der Waals surface area contributed by atoms with Crippen LogP contribution in [-0.4, -0.2) is 20.6 Å². The van der Waals surface area contributed by atoms with E-state index in [4.69, 9.17) is 0 Å². The zero-order valence-electron chi connectivity index (χ0n) is 14.0. The van der Waals surface area contributed by atoms with E-state index in [1.165, 1.54) is 36.4 Å². The van der Waals surface area contributed by atoms with Gasteiger partial charge in [-0.25, -0.2) is 9.07 Å². The highest BCUT2D eigenvalue weighted by Gasteiger charge is 2.20. The van der Waals surface area contributed by atoms with Gasteiger partial charge in [-0.15, -0.1) is 0 Å². The Morgan fingerprint density at radius 2 is 1.93 bits per heavy atom. The summed E-state index contributed by atoms with van der Waals surface area (Å²) >= 11 is 0. The van der Waals surface area contributed by atoms with Crippen molar-refractivity contribution in [1.82, 2.24) is 9.78 Å². The van der Waals surface area contributed by atoms with Crippen LogP contribution in [-0.2, 0) is 0 Å². The molecule has 27 heavy (non-hydrogen) atoms. The van der Waals surface area contributed by atoms with Gasteiger partial charge in [-0.05, 0) is 31.2 Å². The third-order valence-corrected chi connectivity index (χ3v) is 3.71. The van der Waals surface area contributed by atoms with E-state index in [2.05, 4.69) is 10.4 Å². The summed E-state index contributed by atoms with van der Waals surface area (Å²) in [5, 5.41) is 17.6. The number of aryl methyl sites for hydroxylation is 1. The fraction of sp³-hybridized carbons (Fsp3) is 0.0556. The Morgan fingerprint density at radius 1 is 1.19 bits per heavy atom.